The van der Waals surface area contributed by atoms with Crippen LogP contribution in [0.15, 0.2) is 12.3 Å². The van der Waals surface area contributed by atoms with Gasteiger partial charge in [-0.25, -0.2) is 4.98 Å². The van der Waals surface area contributed by atoms with E-state index in [1.165, 1.54) is 12.3 Å². The van der Waals surface area contributed by atoms with Crippen LogP contribution in [0.1, 0.15) is 25.0 Å². The molecule has 0 fully saturated rings. The van der Waals surface area contributed by atoms with Crippen LogP contribution in [0.25, 0.3) is 0 Å². The molecule has 1 heterocycles. The largest absolute Gasteiger partial charge is 0.367 e. The lowest BCUT2D eigenvalue weighted by Crippen LogP contribution is -2.12. The third-order valence-electron chi connectivity index (χ3n) is 1.56. The van der Waals surface area contributed by atoms with E-state index in [2.05, 4.69) is 10.3 Å². The first-order chi connectivity index (χ1) is 6.67. The Morgan fingerprint density at radius 1 is 1.36 bits per heavy atom. The zero-order valence-electron chi connectivity index (χ0n) is 8.07. The predicted molar refractivity (Wildman–Crippen MR) is 52.4 cm³/mol. The fourth-order valence-corrected chi connectivity index (χ4v) is 1.000. The Bertz CT molecular complexity index is 409. The molecule has 0 unspecified atom stereocenters. The summed E-state index contributed by atoms with van der Waals surface area (Å²) in [4.78, 5) is 4.00. The molecule has 0 atom stereocenters. The second-order valence-electron chi connectivity index (χ2n) is 3.14. The Kier molecular flexibility index (Phi) is 3.04. The van der Waals surface area contributed by atoms with Crippen LogP contribution < -0.4 is 5.32 Å². The second-order valence-corrected chi connectivity index (χ2v) is 3.14. The van der Waals surface area contributed by atoms with Crippen molar-refractivity contribution >= 4 is 5.82 Å². The third kappa shape index (κ3) is 2.21. The average molecular weight is 186 g/mol. The maximum Gasteiger partial charge on any atom is 0.144 e. The number of rotatable bonds is 2. The van der Waals surface area contributed by atoms with Crippen LogP contribution in [-0.2, 0) is 0 Å². The molecule has 0 bridgehead atoms. The van der Waals surface area contributed by atoms with E-state index in [-0.39, 0.29) is 6.04 Å². The van der Waals surface area contributed by atoms with Crippen molar-refractivity contribution in [2.75, 3.05) is 5.32 Å². The normalized spacial score (nSPS) is 9.21. The first-order valence-corrected chi connectivity index (χ1v) is 4.24. The van der Waals surface area contributed by atoms with Gasteiger partial charge in [0.05, 0.1) is 11.1 Å². The van der Waals surface area contributed by atoms with E-state index >= 15 is 0 Å². The molecule has 0 saturated heterocycles. The van der Waals surface area contributed by atoms with Crippen molar-refractivity contribution in [2.45, 2.75) is 19.9 Å². The molecule has 0 aliphatic carbocycles. The number of hydrogen-bond acceptors (Lipinski definition) is 4. The van der Waals surface area contributed by atoms with Crippen molar-refractivity contribution < 1.29 is 0 Å². The summed E-state index contributed by atoms with van der Waals surface area (Å²) in [6.45, 7) is 3.92. The van der Waals surface area contributed by atoms with Crippen LogP contribution in [0.2, 0.25) is 0 Å². The molecule has 0 aromatic carbocycles. The van der Waals surface area contributed by atoms with Crippen LogP contribution in [0.5, 0.6) is 0 Å². The molecule has 0 radical (unpaired) electrons. The highest BCUT2D eigenvalue weighted by Crippen LogP contribution is 2.13. The quantitative estimate of drug-likeness (QED) is 0.762. The molecule has 1 N–H and O–H groups in total. The number of nitrogens with zero attached hydrogens (tertiary/aromatic N) is 3. The summed E-state index contributed by atoms with van der Waals surface area (Å²) in [5.41, 5.74) is 0.800. The molecule has 4 nitrogen and oxygen atoms in total. The Morgan fingerprint density at radius 3 is 2.57 bits per heavy atom. The molecular weight excluding hydrogens is 176 g/mol. The van der Waals surface area contributed by atoms with Crippen LogP contribution in [0, 0.1) is 22.7 Å². The van der Waals surface area contributed by atoms with Crippen molar-refractivity contribution in [3.63, 3.8) is 0 Å². The number of hydrogen-bond donors (Lipinski definition) is 1. The van der Waals surface area contributed by atoms with E-state index in [9.17, 15) is 0 Å². The minimum Gasteiger partial charge on any atom is -0.367 e. The molecule has 0 aliphatic rings. The van der Waals surface area contributed by atoms with Gasteiger partial charge in [0.1, 0.15) is 18.0 Å². The highest BCUT2D eigenvalue weighted by molar-refractivity contribution is 5.54. The summed E-state index contributed by atoms with van der Waals surface area (Å²) in [7, 11) is 0. The van der Waals surface area contributed by atoms with E-state index in [1.54, 1.807) is 0 Å². The molecule has 1 rings (SSSR count). The highest BCUT2D eigenvalue weighted by Gasteiger charge is 2.05. The molecule has 0 amide bonds. The first kappa shape index (κ1) is 10.0. The molecule has 1 aromatic heterocycles. The molecule has 14 heavy (non-hydrogen) atoms. The van der Waals surface area contributed by atoms with Crippen LogP contribution in [0.3, 0.4) is 0 Å². The number of anilines is 1. The summed E-state index contributed by atoms with van der Waals surface area (Å²) < 4.78 is 0. The van der Waals surface area contributed by atoms with Crippen LogP contribution in [-0.4, -0.2) is 11.0 Å². The summed E-state index contributed by atoms with van der Waals surface area (Å²) in [5, 5.41) is 20.5. The van der Waals surface area contributed by atoms with Crippen molar-refractivity contribution in [2.24, 2.45) is 0 Å². The van der Waals surface area contributed by atoms with E-state index in [1.807, 2.05) is 26.0 Å². The van der Waals surface area contributed by atoms with Crippen molar-refractivity contribution in [1.29, 1.82) is 10.5 Å². The predicted octanol–water partition coefficient (Wildman–Crippen LogP) is 1.65. The summed E-state index contributed by atoms with van der Waals surface area (Å²) in [5.74, 6) is 0.529. The third-order valence-corrected chi connectivity index (χ3v) is 1.56. The Labute approximate surface area is 82.8 Å². The van der Waals surface area contributed by atoms with Gasteiger partial charge >= 0.3 is 0 Å². The minimum absolute atomic E-state index is 0.211. The number of aromatic nitrogens is 1. The lowest BCUT2D eigenvalue weighted by molar-refractivity contribution is 0.887. The van der Waals surface area contributed by atoms with Gasteiger partial charge in [-0.2, -0.15) is 10.5 Å². The van der Waals surface area contributed by atoms with Gasteiger partial charge in [0, 0.05) is 12.2 Å². The fourth-order valence-electron chi connectivity index (χ4n) is 1.000. The highest BCUT2D eigenvalue weighted by atomic mass is 15.0. The number of nitrogens with one attached hydrogen (secondary N) is 1. The Hall–Kier alpha value is -2.07. The van der Waals surface area contributed by atoms with E-state index in [0.29, 0.717) is 16.9 Å². The van der Waals surface area contributed by atoms with Gasteiger partial charge in [-0.3, -0.25) is 0 Å². The number of pyridine rings is 1. The summed E-state index contributed by atoms with van der Waals surface area (Å²) in [6.07, 6.45) is 1.45. The van der Waals surface area contributed by atoms with Gasteiger partial charge in [-0.1, -0.05) is 0 Å². The van der Waals surface area contributed by atoms with Crippen LogP contribution in [0.4, 0.5) is 5.82 Å². The molecule has 0 spiro atoms. The average Bonchev–Trinajstić information content (AvgIpc) is 2.17. The zero-order valence-corrected chi connectivity index (χ0v) is 8.07. The SMILES string of the molecule is CC(C)Nc1ncc(C#N)cc1C#N. The maximum atomic E-state index is 8.81. The van der Waals surface area contributed by atoms with Crippen molar-refractivity contribution in [3.05, 3.63) is 23.4 Å². The lowest BCUT2D eigenvalue weighted by Gasteiger charge is -2.09. The molecule has 0 saturated carbocycles. The Balaban J connectivity index is 3.08. The van der Waals surface area contributed by atoms with E-state index in [0.717, 1.165) is 0 Å². The molecule has 4 heteroatoms. The molecular formula is C10H10N4. The minimum atomic E-state index is 0.211. The smallest absolute Gasteiger partial charge is 0.144 e. The molecule has 0 aliphatic heterocycles. The first-order valence-electron chi connectivity index (χ1n) is 4.24. The molecule has 70 valence electrons. The maximum absolute atomic E-state index is 8.81. The lowest BCUT2D eigenvalue weighted by atomic mass is 10.2. The monoisotopic (exact) mass is 186 g/mol. The Morgan fingerprint density at radius 2 is 2.07 bits per heavy atom. The van der Waals surface area contributed by atoms with Gasteiger partial charge < -0.3 is 5.32 Å². The molecule has 1 aromatic rings. The van der Waals surface area contributed by atoms with Gasteiger partial charge in [0.15, 0.2) is 0 Å². The summed E-state index contributed by atoms with van der Waals surface area (Å²) in [6, 6.07) is 5.68. The summed E-state index contributed by atoms with van der Waals surface area (Å²) >= 11 is 0. The number of nitriles is 2. The van der Waals surface area contributed by atoms with Gasteiger partial charge in [0.25, 0.3) is 0 Å². The van der Waals surface area contributed by atoms with E-state index < -0.39 is 0 Å². The second kappa shape index (κ2) is 4.25. The van der Waals surface area contributed by atoms with Crippen molar-refractivity contribution in [3.8, 4) is 12.1 Å². The van der Waals surface area contributed by atoms with Crippen LogP contribution >= 0.6 is 0 Å². The standard InChI is InChI=1S/C10H10N4/c1-7(2)14-10-9(5-12)3-8(4-11)6-13-10/h3,6-7H,1-2H3,(H,13,14). The van der Waals surface area contributed by atoms with E-state index in [4.69, 9.17) is 10.5 Å². The fraction of sp³-hybridized carbons (Fsp3) is 0.300. The van der Waals surface area contributed by atoms with Gasteiger partial charge in [-0.15, -0.1) is 0 Å². The van der Waals surface area contributed by atoms with Gasteiger partial charge in [0.2, 0.25) is 0 Å². The zero-order chi connectivity index (χ0) is 10.6. The van der Waals surface area contributed by atoms with Gasteiger partial charge in [-0.05, 0) is 19.9 Å². The van der Waals surface area contributed by atoms with Crippen molar-refractivity contribution in [1.82, 2.24) is 4.98 Å². The topological polar surface area (TPSA) is 72.5 Å².